The molecule has 0 saturated heterocycles. The highest BCUT2D eigenvalue weighted by Crippen LogP contribution is 2.39. The molecule has 1 N–H and O–H groups in total. The van der Waals surface area contributed by atoms with Gasteiger partial charge in [-0.1, -0.05) is 18.7 Å². The fraction of sp³-hybridized carbons (Fsp3) is 0.206. The Morgan fingerprint density at radius 3 is 2.62 bits per heavy atom. The predicted octanol–water partition coefficient (Wildman–Crippen LogP) is 4.84. The quantitative estimate of drug-likeness (QED) is 0.237. The number of pyridine rings is 2. The molecule has 0 saturated carbocycles. The number of likely N-dealkylation sites (N-methyl/N-ethyl adjacent to an activating group) is 1. The third kappa shape index (κ3) is 5.98. The van der Waals surface area contributed by atoms with E-state index < -0.39 is 0 Å². The zero-order valence-electron chi connectivity index (χ0n) is 25.5. The first-order chi connectivity index (χ1) is 21.8. The highest BCUT2D eigenvalue weighted by atomic mass is 16.5. The number of rotatable bonds is 9. The van der Waals surface area contributed by atoms with Crippen LogP contribution in [-0.2, 0) is 4.79 Å². The zero-order chi connectivity index (χ0) is 31.5. The van der Waals surface area contributed by atoms with Gasteiger partial charge < -0.3 is 24.8 Å². The molecule has 0 spiro atoms. The lowest BCUT2D eigenvalue weighted by atomic mass is 10.1. The van der Waals surface area contributed by atoms with Crippen molar-refractivity contribution in [1.29, 1.82) is 0 Å². The number of benzene rings is 2. The molecule has 1 aliphatic rings. The topological polar surface area (TPSA) is 109 Å². The average molecular weight is 603 g/mol. The Kier molecular flexibility index (Phi) is 8.26. The molecular formula is C34H34N8O3. The van der Waals surface area contributed by atoms with Gasteiger partial charge in [-0.2, -0.15) is 4.98 Å². The van der Waals surface area contributed by atoms with Crippen molar-refractivity contribution >= 4 is 45.6 Å². The van der Waals surface area contributed by atoms with Crippen LogP contribution in [0.2, 0.25) is 0 Å². The first-order valence-corrected chi connectivity index (χ1v) is 14.6. The van der Waals surface area contributed by atoms with E-state index in [0.717, 1.165) is 34.9 Å². The van der Waals surface area contributed by atoms with E-state index in [0.29, 0.717) is 48.1 Å². The first-order valence-electron chi connectivity index (χ1n) is 14.6. The number of ether oxygens (including phenoxy) is 1. The molecule has 11 heteroatoms. The molecule has 0 fully saturated rings. The second kappa shape index (κ2) is 12.6. The van der Waals surface area contributed by atoms with Crippen LogP contribution in [-0.4, -0.2) is 70.7 Å². The summed E-state index contributed by atoms with van der Waals surface area (Å²) in [4.78, 5) is 46.5. The first kappa shape index (κ1) is 29.5. The van der Waals surface area contributed by atoms with E-state index in [2.05, 4.69) is 26.8 Å². The van der Waals surface area contributed by atoms with Crippen LogP contribution in [0.3, 0.4) is 0 Å². The number of aromatic nitrogens is 4. The summed E-state index contributed by atoms with van der Waals surface area (Å²) in [5, 5.41) is 3.91. The molecule has 5 aromatic rings. The van der Waals surface area contributed by atoms with Gasteiger partial charge in [0.15, 0.2) is 5.65 Å². The van der Waals surface area contributed by atoms with Crippen LogP contribution in [0, 0.1) is 6.92 Å². The number of anilines is 5. The largest absolute Gasteiger partial charge is 0.492 e. The molecule has 1 amide bonds. The maximum absolute atomic E-state index is 14.4. The summed E-state index contributed by atoms with van der Waals surface area (Å²) < 4.78 is 7.36. The van der Waals surface area contributed by atoms with Gasteiger partial charge in [0, 0.05) is 43.1 Å². The minimum Gasteiger partial charge on any atom is -0.492 e. The van der Waals surface area contributed by atoms with Gasteiger partial charge in [-0.3, -0.25) is 19.1 Å². The summed E-state index contributed by atoms with van der Waals surface area (Å²) in [6.45, 7) is 7.85. The van der Waals surface area contributed by atoms with Crippen LogP contribution in [0.15, 0.2) is 96.7 Å². The van der Waals surface area contributed by atoms with Crippen molar-refractivity contribution in [1.82, 2.24) is 24.4 Å². The Labute approximate surface area is 261 Å². The molecule has 11 nitrogen and oxygen atoms in total. The van der Waals surface area contributed by atoms with Crippen molar-refractivity contribution in [3.05, 3.63) is 108 Å². The van der Waals surface area contributed by atoms with Gasteiger partial charge in [-0.25, -0.2) is 4.98 Å². The molecule has 6 rings (SSSR count). The van der Waals surface area contributed by atoms with E-state index in [4.69, 9.17) is 9.72 Å². The Morgan fingerprint density at radius 2 is 1.89 bits per heavy atom. The minimum absolute atomic E-state index is 0.184. The van der Waals surface area contributed by atoms with E-state index >= 15 is 0 Å². The molecule has 0 unspecified atom stereocenters. The van der Waals surface area contributed by atoms with Crippen molar-refractivity contribution in [3.8, 4) is 11.4 Å². The Morgan fingerprint density at radius 1 is 1.07 bits per heavy atom. The lowest BCUT2D eigenvalue weighted by Gasteiger charge is -2.38. The van der Waals surface area contributed by atoms with E-state index in [1.807, 2.05) is 80.5 Å². The third-order valence-corrected chi connectivity index (χ3v) is 7.60. The second-order valence-electron chi connectivity index (χ2n) is 10.9. The van der Waals surface area contributed by atoms with Gasteiger partial charge in [0.05, 0.1) is 23.3 Å². The Hall–Kier alpha value is -5.55. The number of aryl methyl sites for hydroxylation is 1. The van der Waals surface area contributed by atoms with Crippen molar-refractivity contribution in [2.24, 2.45) is 0 Å². The van der Waals surface area contributed by atoms with Gasteiger partial charge in [0.1, 0.15) is 18.0 Å². The molecule has 4 heterocycles. The smallest absolute Gasteiger partial charge is 0.280 e. The number of nitrogens with zero attached hydrogens (tertiary/aromatic N) is 7. The number of hydrogen-bond donors (Lipinski definition) is 1. The number of carbonyl (C=O) groups excluding carboxylic acids is 1. The number of fused-ring (bicyclic) bond motifs is 2. The van der Waals surface area contributed by atoms with Crippen LogP contribution in [0.4, 0.5) is 28.7 Å². The standard InChI is InChI=1S/C34H34N8O3/c1-5-30(43)41-17-16-40(28-10-6-8-23(2)31(28)41)29-20-24-21-36-34(37-25-11-13-27(14-12-25)45-19-18-39(3)4)38-32(24)42(33(29)44)26-9-7-15-35-22-26/h5-15,20-22H,1,16-19H2,2-4H3,(H,36,37,38). The number of amides is 1. The number of carbonyl (C=O) groups is 1. The lowest BCUT2D eigenvalue weighted by Crippen LogP contribution is -2.43. The average Bonchev–Trinajstić information content (AvgIpc) is 3.05. The van der Waals surface area contributed by atoms with Crippen molar-refractivity contribution in [3.63, 3.8) is 0 Å². The SMILES string of the molecule is C=CC(=O)N1CCN(c2cc3cnc(Nc4ccc(OCCN(C)C)cc4)nc3n(-c3cccnc3)c2=O)c2cccc(C)c21. The van der Waals surface area contributed by atoms with Crippen LogP contribution in [0.1, 0.15) is 5.56 Å². The highest BCUT2D eigenvalue weighted by Gasteiger charge is 2.30. The fourth-order valence-corrected chi connectivity index (χ4v) is 5.40. The summed E-state index contributed by atoms with van der Waals surface area (Å²) in [6, 6.07) is 18.8. The fourth-order valence-electron chi connectivity index (χ4n) is 5.40. The van der Waals surface area contributed by atoms with E-state index in [1.54, 1.807) is 34.1 Å². The third-order valence-electron chi connectivity index (χ3n) is 7.60. The summed E-state index contributed by atoms with van der Waals surface area (Å²) >= 11 is 0. The van der Waals surface area contributed by atoms with E-state index in [9.17, 15) is 9.59 Å². The Balaban J connectivity index is 1.40. The van der Waals surface area contributed by atoms with E-state index in [-0.39, 0.29) is 11.5 Å². The molecule has 0 bridgehead atoms. The van der Waals surface area contributed by atoms with Gasteiger partial charge in [0.2, 0.25) is 5.95 Å². The van der Waals surface area contributed by atoms with Crippen LogP contribution in [0.25, 0.3) is 16.7 Å². The molecule has 0 atom stereocenters. The molecule has 45 heavy (non-hydrogen) atoms. The minimum atomic E-state index is -0.268. The number of para-hydroxylation sites is 1. The second-order valence-corrected chi connectivity index (χ2v) is 10.9. The van der Waals surface area contributed by atoms with Crippen LogP contribution in [0.5, 0.6) is 5.75 Å². The molecule has 3 aromatic heterocycles. The molecule has 2 aromatic carbocycles. The number of hydrogen-bond acceptors (Lipinski definition) is 9. The lowest BCUT2D eigenvalue weighted by molar-refractivity contribution is -0.114. The van der Waals surface area contributed by atoms with Gasteiger partial charge in [-0.15, -0.1) is 0 Å². The van der Waals surface area contributed by atoms with Gasteiger partial charge >= 0.3 is 0 Å². The van der Waals surface area contributed by atoms with Gasteiger partial charge in [0.25, 0.3) is 11.5 Å². The summed E-state index contributed by atoms with van der Waals surface area (Å²) in [6.07, 6.45) is 6.31. The summed E-state index contributed by atoms with van der Waals surface area (Å²) in [5.41, 5.74) is 4.40. The van der Waals surface area contributed by atoms with E-state index in [1.165, 1.54) is 6.08 Å². The zero-order valence-corrected chi connectivity index (χ0v) is 25.5. The van der Waals surface area contributed by atoms with Crippen molar-refractivity contribution in [2.75, 3.05) is 55.5 Å². The maximum Gasteiger partial charge on any atom is 0.280 e. The summed E-state index contributed by atoms with van der Waals surface area (Å²) in [5.74, 6) is 0.925. The van der Waals surface area contributed by atoms with Gasteiger partial charge in [-0.05, 0) is 81.2 Å². The monoisotopic (exact) mass is 602 g/mol. The van der Waals surface area contributed by atoms with Crippen molar-refractivity contribution in [2.45, 2.75) is 6.92 Å². The summed E-state index contributed by atoms with van der Waals surface area (Å²) in [7, 11) is 4.01. The Bertz CT molecular complexity index is 1920. The molecule has 0 aliphatic carbocycles. The number of nitrogens with one attached hydrogen (secondary N) is 1. The molecule has 228 valence electrons. The molecule has 0 radical (unpaired) electrons. The molecule has 1 aliphatic heterocycles. The highest BCUT2D eigenvalue weighted by molar-refractivity contribution is 6.05. The predicted molar refractivity (Wildman–Crippen MR) is 177 cm³/mol. The van der Waals surface area contributed by atoms with Crippen LogP contribution < -0.4 is 25.4 Å². The van der Waals surface area contributed by atoms with Crippen molar-refractivity contribution < 1.29 is 9.53 Å². The molecular weight excluding hydrogens is 568 g/mol. The van der Waals surface area contributed by atoms with Crippen LogP contribution >= 0.6 is 0 Å². The maximum atomic E-state index is 14.4. The normalized spacial score (nSPS) is 12.7.